The van der Waals surface area contributed by atoms with Gasteiger partial charge < -0.3 is 4.74 Å². The average Bonchev–Trinajstić information content (AvgIpc) is 2.81. The number of halogens is 5. The normalized spacial score (nSPS) is 12.0. The molecule has 0 saturated heterocycles. The molecule has 0 atom stereocenters. The number of aryl methyl sites for hydroxylation is 1. The first-order chi connectivity index (χ1) is 16.4. The quantitative estimate of drug-likeness (QED) is 0.256. The Hall–Kier alpha value is -2.66. The fourth-order valence-corrected chi connectivity index (χ4v) is 5.15. The SMILES string of the molecule is CCc1ccccc1C(=O)c1ncc(Cl)cc1N(COC)S(=O)(=O)c1ccc(Cl)c(C(F)(F)F)c1. The molecule has 0 saturated carbocycles. The zero-order valence-electron chi connectivity index (χ0n) is 18.4. The standard InChI is InChI=1S/C23H19Cl2F3N2O4S/c1-3-14-6-4-5-7-17(14)22(31)21-20(10-15(24)12-29-21)30(13-34-2)35(32,33)16-8-9-19(25)18(11-16)23(26,27)28/h4-12H,3,13H2,1-2H3. The molecule has 0 unspecified atom stereocenters. The maximum Gasteiger partial charge on any atom is 0.417 e. The fourth-order valence-electron chi connectivity index (χ4n) is 3.37. The molecule has 1 aromatic heterocycles. The van der Waals surface area contributed by atoms with Gasteiger partial charge in [-0.25, -0.2) is 17.7 Å². The monoisotopic (exact) mass is 546 g/mol. The molecule has 3 aromatic rings. The van der Waals surface area contributed by atoms with Crippen LogP contribution in [0.1, 0.15) is 34.1 Å². The smallest absolute Gasteiger partial charge is 0.363 e. The summed E-state index contributed by atoms with van der Waals surface area (Å²) in [5.41, 5.74) is -0.838. The Morgan fingerprint density at radius 2 is 1.80 bits per heavy atom. The predicted octanol–water partition coefficient (Wildman–Crippen LogP) is 6.00. The maximum absolute atomic E-state index is 13.5. The number of anilines is 1. The van der Waals surface area contributed by atoms with Crippen LogP contribution in [0.15, 0.2) is 59.6 Å². The number of sulfonamides is 1. The van der Waals surface area contributed by atoms with E-state index in [9.17, 15) is 26.4 Å². The zero-order chi connectivity index (χ0) is 26.0. The number of benzene rings is 2. The number of aromatic nitrogens is 1. The van der Waals surface area contributed by atoms with E-state index < -0.39 is 44.2 Å². The molecule has 0 N–H and O–H groups in total. The molecule has 0 amide bonds. The molecule has 0 aliphatic carbocycles. The largest absolute Gasteiger partial charge is 0.417 e. The van der Waals surface area contributed by atoms with Gasteiger partial charge in [-0.1, -0.05) is 54.4 Å². The molecule has 0 radical (unpaired) electrons. The predicted molar refractivity (Wildman–Crippen MR) is 126 cm³/mol. The highest BCUT2D eigenvalue weighted by molar-refractivity contribution is 7.92. The number of hydrogen-bond donors (Lipinski definition) is 0. The van der Waals surface area contributed by atoms with Crippen LogP contribution >= 0.6 is 23.2 Å². The van der Waals surface area contributed by atoms with Crippen molar-refractivity contribution < 1.29 is 31.1 Å². The van der Waals surface area contributed by atoms with Gasteiger partial charge in [0, 0.05) is 18.9 Å². The summed E-state index contributed by atoms with van der Waals surface area (Å²) in [4.78, 5) is 16.8. The molecule has 2 aromatic carbocycles. The molecule has 1 heterocycles. The van der Waals surface area contributed by atoms with E-state index in [1.54, 1.807) is 24.3 Å². The molecular formula is C23H19Cl2F3N2O4S. The summed E-state index contributed by atoms with van der Waals surface area (Å²) >= 11 is 11.7. The number of alkyl halides is 3. The summed E-state index contributed by atoms with van der Waals surface area (Å²) in [5, 5.41) is -0.657. The molecule has 186 valence electrons. The van der Waals surface area contributed by atoms with Crippen molar-refractivity contribution in [3.05, 3.63) is 87.2 Å². The molecule has 35 heavy (non-hydrogen) atoms. The fraction of sp³-hybridized carbons (Fsp3) is 0.217. The van der Waals surface area contributed by atoms with Gasteiger partial charge in [-0.2, -0.15) is 13.2 Å². The molecule has 3 rings (SSSR count). The van der Waals surface area contributed by atoms with Crippen molar-refractivity contribution in [1.29, 1.82) is 0 Å². The highest BCUT2D eigenvalue weighted by Crippen LogP contribution is 2.37. The number of ketones is 1. The Labute approximate surface area is 210 Å². The van der Waals surface area contributed by atoms with Crippen LogP contribution in [0.2, 0.25) is 10.0 Å². The van der Waals surface area contributed by atoms with Gasteiger partial charge in [-0.05, 0) is 36.2 Å². The van der Waals surface area contributed by atoms with Crippen molar-refractivity contribution in [2.45, 2.75) is 24.4 Å². The third kappa shape index (κ3) is 5.61. The van der Waals surface area contributed by atoms with Crippen LogP contribution in [0, 0.1) is 0 Å². The minimum Gasteiger partial charge on any atom is -0.363 e. The van der Waals surface area contributed by atoms with Gasteiger partial charge in [0.05, 0.1) is 26.2 Å². The first kappa shape index (κ1) is 26.9. The minimum atomic E-state index is -4.89. The number of carbonyl (C=O) groups is 1. The van der Waals surface area contributed by atoms with Crippen molar-refractivity contribution >= 4 is 44.7 Å². The summed E-state index contributed by atoms with van der Waals surface area (Å²) in [5.74, 6) is -0.586. The van der Waals surface area contributed by atoms with Crippen molar-refractivity contribution in [1.82, 2.24) is 4.98 Å². The highest BCUT2D eigenvalue weighted by Gasteiger charge is 2.36. The lowest BCUT2D eigenvalue weighted by Crippen LogP contribution is -2.34. The van der Waals surface area contributed by atoms with Crippen LogP contribution in [-0.4, -0.2) is 33.0 Å². The van der Waals surface area contributed by atoms with E-state index in [0.29, 0.717) is 27.9 Å². The molecule has 0 bridgehead atoms. The van der Waals surface area contributed by atoms with Crippen LogP contribution < -0.4 is 4.31 Å². The van der Waals surface area contributed by atoms with Crippen molar-refractivity contribution in [2.75, 3.05) is 18.1 Å². The first-order valence-corrected chi connectivity index (χ1v) is 12.3. The molecule has 0 spiro atoms. The summed E-state index contributed by atoms with van der Waals surface area (Å²) in [6.07, 6.45) is -3.19. The number of rotatable bonds is 8. The van der Waals surface area contributed by atoms with Gasteiger partial charge in [0.2, 0.25) is 5.78 Å². The number of methoxy groups -OCH3 is 1. The van der Waals surface area contributed by atoms with E-state index in [-0.39, 0.29) is 16.4 Å². The van der Waals surface area contributed by atoms with E-state index in [1.165, 1.54) is 19.4 Å². The minimum absolute atomic E-state index is 0.00344. The lowest BCUT2D eigenvalue weighted by molar-refractivity contribution is -0.137. The number of ether oxygens (including phenoxy) is 1. The Balaban J connectivity index is 2.22. The second-order valence-corrected chi connectivity index (χ2v) is 9.98. The van der Waals surface area contributed by atoms with Crippen LogP contribution in [0.4, 0.5) is 18.9 Å². The van der Waals surface area contributed by atoms with Crippen LogP contribution in [0.3, 0.4) is 0 Å². The first-order valence-electron chi connectivity index (χ1n) is 10.1. The average molecular weight is 547 g/mol. The van der Waals surface area contributed by atoms with Gasteiger partial charge >= 0.3 is 6.18 Å². The van der Waals surface area contributed by atoms with Crippen LogP contribution in [0.25, 0.3) is 0 Å². The second kappa shape index (κ2) is 10.5. The molecule has 0 aliphatic rings. The van der Waals surface area contributed by atoms with E-state index in [4.69, 9.17) is 27.9 Å². The summed E-state index contributed by atoms with van der Waals surface area (Å²) in [7, 11) is -3.50. The third-order valence-corrected chi connectivity index (χ3v) is 7.31. The lowest BCUT2D eigenvalue weighted by Gasteiger charge is -2.25. The Bertz CT molecular complexity index is 1370. The van der Waals surface area contributed by atoms with Crippen LogP contribution in [0.5, 0.6) is 0 Å². The summed E-state index contributed by atoms with van der Waals surface area (Å²) < 4.78 is 72.8. The van der Waals surface area contributed by atoms with Gasteiger partial charge in [0.15, 0.2) is 0 Å². The number of carbonyl (C=O) groups excluding carboxylic acids is 1. The molecule has 12 heteroatoms. The Kier molecular flexibility index (Phi) is 8.10. The van der Waals surface area contributed by atoms with E-state index in [0.717, 1.165) is 12.1 Å². The van der Waals surface area contributed by atoms with Crippen LogP contribution in [-0.2, 0) is 27.4 Å². The van der Waals surface area contributed by atoms with Gasteiger partial charge in [-0.3, -0.25) is 4.79 Å². The van der Waals surface area contributed by atoms with Crippen molar-refractivity contribution in [3.8, 4) is 0 Å². The number of hydrogen-bond acceptors (Lipinski definition) is 5. The second-order valence-electron chi connectivity index (χ2n) is 7.27. The highest BCUT2D eigenvalue weighted by atomic mass is 35.5. The topological polar surface area (TPSA) is 76.6 Å². The van der Waals surface area contributed by atoms with Gasteiger partial charge in [-0.15, -0.1) is 0 Å². The van der Waals surface area contributed by atoms with Crippen molar-refractivity contribution in [2.24, 2.45) is 0 Å². The number of pyridine rings is 1. The lowest BCUT2D eigenvalue weighted by atomic mass is 9.99. The Morgan fingerprint density at radius 3 is 2.43 bits per heavy atom. The van der Waals surface area contributed by atoms with Crippen molar-refractivity contribution in [3.63, 3.8) is 0 Å². The molecule has 0 fully saturated rings. The van der Waals surface area contributed by atoms with E-state index >= 15 is 0 Å². The van der Waals surface area contributed by atoms with E-state index in [2.05, 4.69) is 4.98 Å². The Morgan fingerprint density at radius 1 is 1.11 bits per heavy atom. The number of nitrogens with zero attached hydrogens (tertiary/aromatic N) is 2. The summed E-state index contributed by atoms with van der Waals surface area (Å²) in [6.45, 7) is 1.22. The zero-order valence-corrected chi connectivity index (χ0v) is 20.8. The van der Waals surface area contributed by atoms with E-state index in [1.807, 2.05) is 6.92 Å². The molecule has 0 aliphatic heterocycles. The van der Waals surface area contributed by atoms with Gasteiger partial charge in [0.25, 0.3) is 10.0 Å². The molecule has 6 nitrogen and oxygen atoms in total. The van der Waals surface area contributed by atoms with Gasteiger partial charge in [0.1, 0.15) is 12.4 Å². The molecular weight excluding hydrogens is 528 g/mol. The maximum atomic E-state index is 13.5. The summed E-state index contributed by atoms with van der Waals surface area (Å²) in [6, 6.07) is 10.1. The third-order valence-electron chi connectivity index (χ3n) is 5.04.